The Kier molecular flexibility index (Phi) is 8.05. The maximum atomic E-state index is 12.8. The SMILES string of the molecule is CCOC(=O)CC1CCCc2ccc(NC(=O)c3ccc(C=NN4CCSCC4)cc3)cc21. The van der Waals surface area contributed by atoms with Crippen molar-refractivity contribution in [2.45, 2.75) is 38.5 Å². The normalized spacial score (nSPS) is 18.1. The van der Waals surface area contributed by atoms with Gasteiger partial charge in [-0.25, -0.2) is 0 Å². The number of hydrogen-bond acceptors (Lipinski definition) is 6. The largest absolute Gasteiger partial charge is 0.466 e. The Hall–Kier alpha value is -2.80. The van der Waals surface area contributed by atoms with E-state index in [2.05, 4.69) is 21.5 Å². The first-order valence-electron chi connectivity index (χ1n) is 11.7. The number of esters is 1. The Labute approximate surface area is 199 Å². The summed E-state index contributed by atoms with van der Waals surface area (Å²) >= 11 is 1.96. The molecule has 1 heterocycles. The van der Waals surface area contributed by atoms with Crippen molar-refractivity contribution in [1.82, 2.24) is 5.01 Å². The highest BCUT2D eigenvalue weighted by Gasteiger charge is 2.24. The van der Waals surface area contributed by atoms with E-state index >= 15 is 0 Å². The summed E-state index contributed by atoms with van der Waals surface area (Å²) in [5.74, 6) is 2.06. The second-order valence-electron chi connectivity index (χ2n) is 8.40. The van der Waals surface area contributed by atoms with E-state index in [0.29, 0.717) is 18.6 Å². The molecule has 1 unspecified atom stereocenters. The van der Waals surface area contributed by atoms with E-state index in [1.807, 2.05) is 61.3 Å². The van der Waals surface area contributed by atoms with Crippen LogP contribution in [0.25, 0.3) is 0 Å². The zero-order valence-corrected chi connectivity index (χ0v) is 19.9. The van der Waals surface area contributed by atoms with Crippen molar-refractivity contribution in [2.24, 2.45) is 5.10 Å². The summed E-state index contributed by atoms with van der Waals surface area (Å²) in [5.41, 5.74) is 4.73. The number of amides is 1. The minimum atomic E-state index is -0.160. The molecule has 0 radical (unpaired) electrons. The number of thioether (sulfide) groups is 1. The van der Waals surface area contributed by atoms with Crippen LogP contribution in [0, 0.1) is 0 Å². The molecular formula is C26H31N3O3S. The zero-order valence-electron chi connectivity index (χ0n) is 19.1. The standard InChI is InChI=1S/C26H31N3O3S/c1-2-32-25(30)16-22-5-3-4-20-10-11-23(17-24(20)22)28-26(31)21-8-6-19(7-9-21)18-27-29-12-14-33-15-13-29/h6-11,17-18,22H,2-5,12-16H2,1H3,(H,28,31). The van der Waals surface area contributed by atoms with Crippen molar-refractivity contribution < 1.29 is 14.3 Å². The zero-order chi connectivity index (χ0) is 23.0. The summed E-state index contributed by atoms with van der Waals surface area (Å²) in [6.45, 7) is 4.18. The molecule has 1 aliphatic heterocycles. The smallest absolute Gasteiger partial charge is 0.306 e. The number of aryl methyl sites for hydroxylation is 1. The Morgan fingerprint density at radius 2 is 1.97 bits per heavy atom. The van der Waals surface area contributed by atoms with Crippen LogP contribution >= 0.6 is 11.8 Å². The fourth-order valence-electron chi connectivity index (χ4n) is 4.35. The molecule has 1 aliphatic carbocycles. The van der Waals surface area contributed by atoms with Crippen molar-refractivity contribution >= 4 is 35.5 Å². The number of rotatable bonds is 7. The van der Waals surface area contributed by atoms with Gasteiger partial charge in [-0.15, -0.1) is 0 Å². The van der Waals surface area contributed by atoms with Gasteiger partial charge in [0.2, 0.25) is 0 Å². The number of ether oxygens (including phenoxy) is 1. The Bertz CT molecular complexity index is 1000. The van der Waals surface area contributed by atoms with Gasteiger partial charge in [-0.2, -0.15) is 16.9 Å². The van der Waals surface area contributed by atoms with Gasteiger partial charge >= 0.3 is 5.97 Å². The predicted octanol–water partition coefficient (Wildman–Crippen LogP) is 4.69. The van der Waals surface area contributed by atoms with Gasteiger partial charge in [-0.05, 0) is 73.1 Å². The van der Waals surface area contributed by atoms with Crippen molar-refractivity contribution in [3.63, 3.8) is 0 Å². The fraction of sp³-hybridized carbons (Fsp3) is 0.423. The van der Waals surface area contributed by atoms with Crippen LogP contribution in [0.2, 0.25) is 0 Å². The molecular weight excluding hydrogens is 434 g/mol. The van der Waals surface area contributed by atoms with Gasteiger partial charge in [0, 0.05) is 35.8 Å². The minimum absolute atomic E-state index is 0.140. The molecule has 1 saturated heterocycles. The van der Waals surface area contributed by atoms with E-state index in [1.165, 1.54) is 5.56 Å². The minimum Gasteiger partial charge on any atom is -0.466 e. The number of anilines is 1. The first-order chi connectivity index (χ1) is 16.1. The Balaban J connectivity index is 1.40. The Morgan fingerprint density at radius 3 is 2.73 bits per heavy atom. The van der Waals surface area contributed by atoms with E-state index in [0.717, 1.165) is 60.7 Å². The van der Waals surface area contributed by atoms with Crippen LogP contribution in [-0.2, 0) is 16.0 Å². The number of fused-ring (bicyclic) bond motifs is 1. The van der Waals surface area contributed by atoms with Crippen LogP contribution < -0.4 is 5.32 Å². The number of nitrogens with zero attached hydrogens (tertiary/aromatic N) is 2. The third kappa shape index (κ3) is 6.38. The van der Waals surface area contributed by atoms with Gasteiger partial charge in [0.15, 0.2) is 0 Å². The van der Waals surface area contributed by atoms with Gasteiger partial charge in [-0.3, -0.25) is 14.6 Å². The molecule has 1 fully saturated rings. The maximum absolute atomic E-state index is 12.8. The number of carbonyl (C=O) groups excluding carboxylic acids is 2. The van der Waals surface area contributed by atoms with Crippen molar-refractivity contribution in [3.8, 4) is 0 Å². The van der Waals surface area contributed by atoms with Gasteiger partial charge in [0.1, 0.15) is 0 Å². The molecule has 2 aliphatic rings. The third-order valence-corrected chi connectivity index (χ3v) is 7.03. The van der Waals surface area contributed by atoms with E-state index in [4.69, 9.17) is 4.74 Å². The number of hydrogen-bond donors (Lipinski definition) is 1. The molecule has 6 nitrogen and oxygen atoms in total. The number of nitrogens with one attached hydrogen (secondary N) is 1. The molecule has 7 heteroatoms. The molecule has 174 valence electrons. The molecule has 1 amide bonds. The van der Waals surface area contributed by atoms with E-state index in [9.17, 15) is 9.59 Å². The quantitative estimate of drug-likeness (QED) is 0.474. The second kappa shape index (κ2) is 11.4. The average molecular weight is 466 g/mol. The molecule has 33 heavy (non-hydrogen) atoms. The Morgan fingerprint density at radius 1 is 1.18 bits per heavy atom. The summed E-state index contributed by atoms with van der Waals surface area (Å²) < 4.78 is 5.15. The van der Waals surface area contributed by atoms with Gasteiger partial charge in [0.05, 0.1) is 19.2 Å². The summed E-state index contributed by atoms with van der Waals surface area (Å²) in [7, 11) is 0. The van der Waals surface area contributed by atoms with E-state index in [1.54, 1.807) is 0 Å². The summed E-state index contributed by atoms with van der Waals surface area (Å²) in [6, 6.07) is 13.5. The van der Waals surface area contributed by atoms with Crippen LogP contribution in [0.1, 0.15) is 59.2 Å². The monoisotopic (exact) mass is 465 g/mol. The third-order valence-electron chi connectivity index (χ3n) is 6.09. The number of benzene rings is 2. The summed E-state index contributed by atoms with van der Waals surface area (Å²) in [4.78, 5) is 24.8. The van der Waals surface area contributed by atoms with Crippen molar-refractivity contribution in [2.75, 3.05) is 36.5 Å². The first kappa shape index (κ1) is 23.4. The molecule has 0 saturated carbocycles. The number of hydrazone groups is 1. The highest BCUT2D eigenvalue weighted by molar-refractivity contribution is 7.99. The van der Waals surface area contributed by atoms with E-state index < -0.39 is 0 Å². The van der Waals surface area contributed by atoms with Crippen LogP contribution in [0.3, 0.4) is 0 Å². The lowest BCUT2D eigenvalue weighted by Gasteiger charge is -2.25. The van der Waals surface area contributed by atoms with Crippen LogP contribution in [-0.4, -0.2) is 54.3 Å². The lowest BCUT2D eigenvalue weighted by molar-refractivity contribution is -0.143. The van der Waals surface area contributed by atoms with Crippen LogP contribution in [0.5, 0.6) is 0 Å². The molecule has 1 atom stereocenters. The summed E-state index contributed by atoms with van der Waals surface area (Å²) in [5, 5.41) is 9.63. The highest BCUT2D eigenvalue weighted by Crippen LogP contribution is 2.36. The fourth-order valence-corrected chi connectivity index (χ4v) is 5.23. The van der Waals surface area contributed by atoms with Gasteiger partial charge < -0.3 is 10.1 Å². The molecule has 2 aromatic rings. The summed E-state index contributed by atoms with van der Waals surface area (Å²) in [6.07, 6.45) is 5.27. The van der Waals surface area contributed by atoms with Crippen molar-refractivity contribution in [1.29, 1.82) is 0 Å². The van der Waals surface area contributed by atoms with Crippen molar-refractivity contribution in [3.05, 3.63) is 64.7 Å². The van der Waals surface area contributed by atoms with Crippen LogP contribution in [0.4, 0.5) is 5.69 Å². The second-order valence-corrected chi connectivity index (χ2v) is 9.62. The maximum Gasteiger partial charge on any atom is 0.306 e. The molecule has 0 aromatic heterocycles. The lowest BCUT2D eigenvalue weighted by Crippen LogP contribution is -2.27. The lowest BCUT2D eigenvalue weighted by atomic mass is 9.81. The molecule has 0 bridgehead atoms. The van der Waals surface area contributed by atoms with E-state index in [-0.39, 0.29) is 17.8 Å². The highest BCUT2D eigenvalue weighted by atomic mass is 32.2. The van der Waals surface area contributed by atoms with Crippen LogP contribution in [0.15, 0.2) is 47.6 Å². The molecule has 0 spiro atoms. The molecule has 1 N–H and O–H groups in total. The molecule has 4 rings (SSSR count). The first-order valence-corrected chi connectivity index (χ1v) is 12.8. The molecule has 2 aromatic carbocycles. The van der Waals surface area contributed by atoms with Gasteiger partial charge in [0.25, 0.3) is 5.91 Å². The van der Waals surface area contributed by atoms with Gasteiger partial charge in [-0.1, -0.05) is 18.2 Å². The topological polar surface area (TPSA) is 71.0 Å². The average Bonchev–Trinajstić information content (AvgIpc) is 2.84. The number of carbonyl (C=O) groups is 2. The predicted molar refractivity (Wildman–Crippen MR) is 134 cm³/mol.